The number of aliphatic carboxylic acids is 1. The van der Waals surface area contributed by atoms with Gasteiger partial charge < -0.3 is 30.3 Å². The maximum absolute atomic E-state index is 12.2. The number of ether oxygens (including phenoxy) is 2. The first-order valence-electron chi connectivity index (χ1n) is 11.8. The molecule has 0 spiro atoms. The molecule has 1 heterocycles. The Balaban J connectivity index is 0.000000532. The predicted molar refractivity (Wildman–Crippen MR) is 128 cm³/mol. The lowest BCUT2D eigenvalue weighted by Crippen LogP contribution is -2.36. The van der Waals surface area contributed by atoms with Gasteiger partial charge in [0, 0.05) is 23.2 Å². The molecule has 5 N–H and O–H groups in total. The number of carbonyl (C=O) groups is 4. The second-order valence-corrected chi connectivity index (χ2v) is 9.38. The van der Waals surface area contributed by atoms with E-state index in [9.17, 15) is 32.7 Å². The number of alkyl halides is 3. The molecule has 1 aromatic heterocycles. The van der Waals surface area contributed by atoms with Gasteiger partial charge in [-0.05, 0) is 51.2 Å². The first-order valence-corrected chi connectivity index (χ1v) is 11.8. The van der Waals surface area contributed by atoms with Crippen molar-refractivity contribution < 1.29 is 52.0 Å². The fraction of sp³-hybridized carbons (Fsp3) is 0.458. The minimum absolute atomic E-state index is 0.0136. The number of aromatic amines is 1. The molecular weight excluding hydrogens is 529 g/mol. The molecule has 15 heteroatoms. The number of aromatic hydroxyl groups is 1. The number of phenols is 1. The molecule has 0 aliphatic heterocycles. The normalized spacial score (nSPS) is 19.2. The molecule has 39 heavy (non-hydrogen) atoms. The van der Waals surface area contributed by atoms with Crippen LogP contribution in [-0.2, 0) is 14.3 Å². The van der Waals surface area contributed by atoms with Gasteiger partial charge in [0.25, 0.3) is 5.91 Å². The van der Waals surface area contributed by atoms with Crippen LogP contribution in [0.25, 0.3) is 0 Å². The van der Waals surface area contributed by atoms with Crippen LogP contribution in [0.1, 0.15) is 61.0 Å². The number of carboxylic acids is 1. The highest BCUT2D eigenvalue weighted by Gasteiger charge is 2.40. The Bertz CT molecular complexity index is 1210. The van der Waals surface area contributed by atoms with E-state index in [1.165, 1.54) is 18.2 Å². The number of hydrogen-bond donors (Lipinski definition) is 5. The van der Waals surface area contributed by atoms with Crippen LogP contribution in [0, 0.1) is 0 Å². The van der Waals surface area contributed by atoms with E-state index in [1.807, 2.05) is 6.92 Å². The number of carboxylic acid groups (broad SMARTS) is 1. The summed E-state index contributed by atoms with van der Waals surface area (Å²) in [5.74, 6) is -2.80. The van der Waals surface area contributed by atoms with Gasteiger partial charge in [-0.2, -0.15) is 18.3 Å². The molecule has 2 aliphatic rings. The van der Waals surface area contributed by atoms with Crippen molar-refractivity contribution in [2.75, 3.05) is 11.9 Å². The number of aldehydes is 1. The molecule has 2 amide bonds. The zero-order chi connectivity index (χ0) is 28.8. The number of H-pyrrole nitrogens is 1. The Kier molecular flexibility index (Phi) is 9.04. The molecule has 2 unspecified atom stereocenters. The van der Waals surface area contributed by atoms with Crippen LogP contribution in [0.15, 0.2) is 24.3 Å². The Morgan fingerprint density at radius 1 is 1.26 bits per heavy atom. The fourth-order valence-electron chi connectivity index (χ4n) is 3.78. The summed E-state index contributed by atoms with van der Waals surface area (Å²) in [5.41, 5.74) is 0.740. The van der Waals surface area contributed by atoms with E-state index in [-0.39, 0.29) is 47.3 Å². The lowest BCUT2D eigenvalue weighted by molar-refractivity contribution is -0.192. The third-order valence-corrected chi connectivity index (χ3v) is 6.13. The summed E-state index contributed by atoms with van der Waals surface area (Å²) in [7, 11) is 0. The number of nitrogens with one attached hydrogen (secondary N) is 3. The van der Waals surface area contributed by atoms with Crippen molar-refractivity contribution in [1.82, 2.24) is 15.5 Å². The summed E-state index contributed by atoms with van der Waals surface area (Å²) in [6.45, 7) is 1.65. The standard InChI is InChI=1S/C22H26N4O6.C2HF3O2/c1-22(7-8-22)24-21(30)32-14-6-5-13(9-14)16-10-19(26-25-16)23-20(29)12-31-18-4-2-3-17(28)15(18)11-27;3-2(4,5)1(6)7/h2-4,10-11,13-14,28H,5-9,12H2,1H3,(H,24,30)(H2,23,25,26,29);(H,6,7). The number of hydrogen-bond acceptors (Lipinski definition) is 8. The van der Waals surface area contributed by atoms with E-state index >= 15 is 0 Å². The minimum Gasteiger partial charge on any atom is -0.507 e. The second-order valence-electron chi connectivity index (χ2n) is 9.38. The molecule has 4 rings (SSSR count). The number of phenolic OH excluding ortho intramolecular Hbond substituents is 1. The first-order chi connectivity index (χ1) is 18.3. The van der Waals surface area contributed by atoms with Gasteiger partial charge in [0.05, 0.1) is 5.56 Å². The second kappa shape index (κ2) is 12.0. The van der Waals surface area contributed by atoms with Crippen LogP contribution in [0.2, 0.25) is 0 Å². The van der Waals surface area contributed by atoms with Crippen LogP contribution in [0.4, 0.5) is 23.8 Å². The van der Waals surface area contributed by atoms with Gasteiger partial charge >= 0.3 is 18.2 Å². The number of alkyl carbamates (subject to hydrolysis) is 1. The van der Waals surface area contributed by atoms with Gasteiger partial charge in [0.2, 0.25) is 0 Å². The zero-order valence-electron chi connectivity index (χ0n) is 20.7. The molecule has 2 aromatic rings. The van der Waals surface area contributed by atoms with Gasteiger partial charge in [0.1, 0.15) is 17.6 Å². The molecular formula is C24H27F3N4O8. The molecule has 12 nitrogen and oxygen atoms in total. The van der Waals surface area contributed by atoms with E-state index in [0.29, 0.717) is 18.5 Å². The Labute approximate surface area is 219 Å². The van der Waals surface area contributed by atoms with E-state index in [0.717, 1.165) is 31.4 Å². The van der Waals surface area contributed by atoms with Gasteiger partial charge in [-0.3, -0.25) is 14.7 Å². The van der Waals surface area contributed by atoms with E-state index < -0.39 is 18.1 Å². The maximum atomic E-state index is 12.2. The lowest BCUT2D eigenvalue weighted by Gasteiger charge is -2.16. The zero-order valence-corrected chi connectivity index (χ0v) is 20.7. The van der Waals surface area contributed by atoms with Crippen molar-refractivity contribution >= 4 is 30.1 Å². The quantitative estimate of drug-likeness (QED) is 0.304. The Morgan fingerprint density at radius 3 is 2.56 bits per heavy atom. The van der Waals surface area contributed by atoms with Crippen LogP contribution < -0.4 is 15.4 Å². The SMILES string of the molecule is CC1(NC(=O)OC2CCC(c3cc(NC(=O)COc4cccc(O)c4C=O)n[nH]3)C2)CC1.O=C(O)C(F)(F)F. The summed E-state index contributed by atoms with van der Waals surface area (Å²) < 4.78 is 42.6. The Hall–Kier alpha value is -4.30. The number of benzene rings is 1. The molecule has 0 bridgehead atoms. The highest BCUT2D eigenvalue weighted by Crippen LogP contribution is 2.37. The summed E-state index contributed by atoms with van der Waals surface area (Å²) in [4.78, 5) is 44.2. The van der Waals surface area contributed by atoms with E-state index in [1.54, 1.807) is 6.07 Å². The molecule has 2 saturated carbocycles. The number of rotatable bonds is 8. The minimum atomic E-state index is -5.08. The van der Waals surface area contributed by atoms with Crippen LogP contribution in [0.5, 0.6) is 11.5 Å². The maximum Gasteiger partial charge on any atom is 0.490 e. The number of amides is 2. The van der Waals surface area contributed by atoms with Crippen molar-refractivity contribution in [3.8, 4) is 11.5 Å². The van der Waals surface area contributed by atoms with Crippen molar-refractivity contribution in [3.63, 3.8) is 0 Å². The predicted octanol–water partition coefficient (Wildman–Crippen LogP) is 3.49. The van der Waals surface area contributed by atoms with Gasteiger partial charge in [0.15, 0.2) is 18.7 Å². The monoisotopic (exact) mass is 556 g/mol. The van der Waals surface area contributed by atoms with Gasteiger partial charge in [-0.1, -0.05) is 6.07 Å². The molecule has 212 valence electrons. The van der Waals surface area contributed by atoms with E-state index in [2.05, 4.69) is 20.8 Å². The molecule has 2 atom stereocenters. The van der Waals surface area contributed by atoms with Gasteiger partial charge in [-0.25, -0.2) is 9.59 Å². The number of nitrogens with zero attached hydrogens (tertiary/aromatic N) is 1. The fourth-order valence-corrected chi connectivity index (χ4v) is 3.78. The third-order valence-electron chi connectivity index (χ3n) is 6.13. The summed E-state index contributed by atoms with van der Waals surface area (Å²) in [6, 6.07) is 6.12. The van der Waals surface area contributed by atoms with Crippen molar-refractivity contribution in [3.05, 3.63) is 35.5 Å². The van der Waals surface area contributed by atoms with Crippen molar-refractivity contribution in [2.45, 2.75) is 62.8 Å². The first kappa shape index (κ1) is 29.3. The van der Waals surface area contributed by atoms with Crippen molar-refractivity contribution in [2.24, 2.45) is 0 Å². The average molecular weight is 556 g/mol. The van der Waals surface area contributed by atoms with Crippen molar-refractivity contribution in [1.29, 1.82) is 0 Å². The Morgan fingerprint density at radius 2 is 1.95 bits per heavy atom. The van der Waals surface area contributed by atoms with Gasteiger partial charge in [-0.15, -0.1) is 0 Å². The average Bonchev–Trinajstić information content (AvgIpc) is 3.21. The highest BCUT2D eigenvalue weighted by atomic mass is 19.4. The summed E-state index contributed by atoms with van der Waals surface area (Å²) in [5, 5.41) is 29.4. The number of anilines is 1. The molecule has 0 radical (unpaired) electrons. The number of carbonyl (C=O) groups excluding carboxylic acids is 3. The lowest BCUT2D eigenvalue weighted by atomic mass is 10.0. The van der Waals surface area contributed by atoms with E-state index in [4.69, 9.17) is 19.4 Å². The third kappa shape index (κ3) is 8.61. The smallest absolute Gasteiger partial charge is 0.490 e. The molecule has 2 fully saturated rings. The van der Waals surface area contributed by atoms with Crippen LogP contribution >= 0.6 is 0 Å². The molecule has 1 aromatic carbocycles. The summed E-state index contributed by atoms with van der Waals surface area (Å²) >= 11 is 0. The largest absolute Gasteiger partial charge is 0.507 e. The molecule has 0 saturated heterocycles. The number of aromatic nitrogens is 2. The number of halogens is 3. The van der Waals surface area contributed by atoms with Crippen LogP contribution in [0.3, 0.4) is 0 Å². The summed E-state index contributed by atoms with van der Waals surface area (Å²) in [6.07, 6.45) is -0.855. The van der Waals surface area contributed by atoms with Crippen LogP contribution in [-0.4, -0.2) is 69.1 Å². The highest BCUT2D eigenvalue weighted by molar-refractivity contribution is 5.91. The molecule has 2 aliphatic carbocycles. The topological polar surface area (TPSA) is 180 Å².